The highest BCUT2D eigenvalue weighted by atomic mass is 16.5. The van der Waals surface area contributed by atoms with Crippen molar-refractivity contribution in [3.8, 4) is 0 Å². The molecular weight excluding hydrogens is 236 g/mol. The van der Waals surface area contributed by atoms with Crippen LogP contribution in [-0.4, -0.2) is 25.8 Å². The highest BCUT2D eigenvalue weighted by molar-refractivity contribution is 5.47. The number of anilines is 1. The van der Waals surface area contributed by atoms with Crippen molar-refractivity contribution in [1.29, 1.82) is 0 Å². The van der Waals surface area contributed by atoms with Gasteiger partial charge in [0.05, 0.1) is 6.10 Å². The van der Waals surface area contributed by atoms with E-state index in [1.807, 2.05) is 0 Å². The largest absolute Gasteiger partial charge is 0.378 e. The van der Waals surface area contributed by atoms with Gasteiger partial charge >= 0.3 is 0 Å². The third kappa shape index (κ3) is 4.22. The van der Waals surface area contributed by atoms with Crippen LogP contribution in [0.25, 0.3) is 0 Å². The number of hydrogen-bond donors (Lipinski definition) is 1. The lowest BCUT2D eigenvalue weighted by atomic mass is 10.1. The molecular formula is C16H26N2O. The normalized spacial score (nSPS) is 18.7. The molecule has 0 saturated carbocycles. The molecule has 1 aliphatic rings. The van der Waals surface area contributed by atoms with Gasteiger partial charge in [-0.05, 0) is 50.3 Å². The first-order valence-corrected chi connectivity index (χ1v) is 7.49. The van der Waals surface area contributed by atoms with Gasteiger partial charge in [-0.2, -0.15) is 0 Å². The first-order valence-electron chi connectivity index (χ1n) is 7.49. The van der Waals surface area contributed by atoms with Crippen molar-refractivity contribution in [3.05, 3.63) is 29.8 Å². The number of nitrogens with two attached hydrogens (primary N) is 1. The molecule has 19 heavy (non-hydrogen) atoms. The highest BCUT2D eigenvalue weighted by Gasteiger charge is 2.15. The Kier molecular flexibility index (Phi) is 5.67. The molecule has 2 N–H and O–H groups in total. The topological polar surface area (TPSA) is 38.5 Å². The first-order chi connectivity index (χ1) is 9.33. The van der Waals surface area contributed by atoms with E-state index in [1.54, 1.807) is 0 Å². The van der Waals surface area contributed by atoms with Crippen molar-refractivity contribution in [2.45, 2.75) is 45.3 Å². The summed E-state index contributed by atoms with van der Waals surface area (Å²) >= 11 is 0. The van der Waals surface area contributed by atoms with E-state index in [2.05, 4.69) is 36.1 Å². The first kappa shape index (κ1) is 14.4. The maximum absolute atomic E-state index is 5.67. The van der Waals surface area contributed by atoms with E-state index < -0.39 is 0 Å². The van der Waals surface area contributed by atoms with Crippen LogP contribution in [0.3, 0.4) is 0 Å². The highest BCUT2D eigenvalue weighted by Crippen LogP contribution is 2.19. The molecule has 1 unspecified atom stereocenters. The summed E-state index contributed by atoms with van der Waals surface area (Å²) < 4.78 is 5.67. The molecule has 3 heteroatoms. The van der Waals surface area contributed by atoms with E-state index in [9.17, 15) is 0 Å². The summed E-state index contributed by atoms with van der Waals surface area (Å²) in [7, 11) is 0. The van der Waals surface area contributed by atoms with Gasteiger partial charge in [0.25, 0.3) is 0 Å². The van der Waals surface area contributed by atoms with Crippen LogP contribution >= 0.6 is 0 Å². The zero-order valence-electron chi connectivity index (χ0n) is 12.0. The minimum Gasteiger partial charge on any atom is -0.378 e. The van der Waals surface area contributed by atoms with Crippen LogP contribution in [0.2, 0.25) is 0 Å². The zero-order valence-corrected chi connectivity index (χ0v) is 12.0. The number of benzene rings is 1. The SMILES string of the molecule is CCN(CCCC1CCCO1)c1ccc(CN)cc1. The zero-order chi connectivity index (χ0) is 13.5. The van der Waals surface area contributed by atoms with Crippen LogP contribution in [0.1, 0.15) is 38.2 Å². The Bertz CT molecular complexity index is 358. The van der Waals surface area contributed by atoms with Crippen molar-refractivity contribution < 1.29 is 4.74 Å². The minimum atomic E-state index is 0.512. The second kappa shape index (κ2) is 7.51. The number of ether oxygens (including phenoxy) is 1. The average molecular weight is 262 g/mol. The summed E-state index contributed by atoms with van der Waals surface area (Å²) in [5.74, 6) is 0. The molecule has 0 radical (unpaired) electrons. The summed E-state index contributed by atoms with van der Waals surface area (Å²) in [5.41, 5.74) is 8.12. The maximum Gasteiger partial charge on any atom is 0.0576 e. The molecule has 0 bridgehead atoms. The van der Waals surface area contributed by atoms with Gasteiger partial charge in [0.15, 0.2) is 0 Å². The van der Waals surface area contributed by atoms with Gasteiger partial charge in [-0.3, -0.25) is 0 Å². The second-order valence-electron chi connectivity index (χ2n) is 5.23. The Labute approximate surface area is 116 Å². The smallest absolute Gasteiger partial charge is 0.0576 e. The Hall–Kier alpha value is -1.06. The molecule has 1 heterocycles. The molecule has 106 valence electrons. The van der Waals surface area contributed by atoms with E-state index in [1.165, 1.54) is 36.9 Å². The lowest BCUT2D eigenvalue weighted by Crippen LogP contribution is -2.24. The number of nitrogens with zero attached hydrogens (tertiary/aromatic N) is 1. The lowest BCUT2D eigenvalue weighted by molar-refractivity contribution is 0.103. The Morgan fingerprint density at radius 1 is 1.32 bits per heavy atom. The van der Waals surface area contributed by atoms with Gasteiger partial charge in [-0.1, -0.05) is 12.1 Å². The predicted octanol–water partition coefficient (Wildman–Crippen LogP) is 2.93. The van der Waals surface area contributed by atoms with E-state index in [0.29, 0.717) is 12.6 Å². The Balaban J connectivity index is 1.80. The van der Waals surface area contributed by atoms with Gasteiger partial charge in [0, 0.05) is 31.9 Å². The van der Waals surface area contributed by atoms with Gasteiger partial charge in [-0.15, -0.1) is 0 Å². The fraction of sp³-hybridized carbons (Fsp3) is 0.625. The molecule has 0 aliphatic carbocycles. The van der Waals surface area contributed by atoms with E-state index in [4.69, 9.17) is 10.5 Å². The second-order valence-corrected chi connectivity index (χ2v) is 5.23. The third-order valence-electron chi connectivity index (χ3n) is 3.90. The van der Waals surface area contributed by atoms with Crippen LogP contribution in [0.5, 0.6) is 0 Å². The quantitative estimate of drug-likeness (QED) is 0.821. The van der Waals surface area contributed by atoms with Crippen LogP contribution < -0.4 is 10.6 Å². The summed E-state index contributed by atoms with van der Waals surface area (Å²) in [5, 5.41) is 0. The molecule has 1 fully saturated rings. The molecule has 0 spiro atoms. The predicted molar refractivity (Wildman–Crippen MR) is 80.4 cm³/mol. The molecule has 1 atom stereocenters. The molecule has 0 amide bonds. The minimum absolute atomic E-state index is 0.512. The van der Waals surface area contributed by atoms with Crippen LogP contribution in [0.4, 0.5) is 5.69 Å². The molecule has 2 rings (SSSR count). The van der Waals surface area contributed by atoms with E-state index >= 15 is 0 Å². The maximum atomic E-state index is 5.67. The average Bonchev–Trinajstić information content (AvgIpc) is 2.97. The summed E-state index contributed by atoms with van der Waals surface area (Å²) in [6.07, 6.45) is 5.40. The number of rotatable bonds is 7. The fourth-order valence-electron chi connectivity index (χ4n) is 2.69. The fourth-order valence-corrected chi connectivity index (χ4v) is 2.69. The molecule has 1 aromatic carbocycles. The Morgan fingerprint density at radius 3 is 2.68 bits per heavy atom. The van der Waals surface area contributed by atoms with Gasteiger partial charge in [-0.25, -0.2) is 0 Å². The summed E-state index contributed by atoms with van der Waals surface area (Å²) in [6.45, 7) is 5.95. The van der Waals surface area contributed by atoms with Crippen molar-refractivity contribution in [2.24, 2.45) is 5.73 Å². The molecule has 0 aromatic heterocycles. The van der Waals surface area contributed by atoms with Gasteiger partial charge < -0.3 is 15.4 Å². The lowest BCUT2D eigenvalue weighted by Gasteiger charge is -2.24. The molecule has 1 aliphatic heterocycles. The van der Waals surface area contributed by atoms with Crippen LogP contribution in [0, 0.1) is 0 Å². The van der Waals surface area contributed by atoms with Crippen molar-refractivity contribution in [2.75, 3.05) is 24.6 Å². The van der Waals surface area contributed by atoms with Crippen molar-refractivity contribution >= 4 is 5.69 Å². The van der Waals surface area contributed by atoms with Gasteiger partial charge in [0.2, 0.25) is 0 Å². The summed E-state index contributed by atoms with van der Waals surface area (Å²) in [6, 6.07) is 8.60. The Morgan fingerprint density at radius 2 is 2.11 bits per heavy atom. The summed E-state index contributed by atoms with van der Waals surface area (Å²) in [4.78, 5) is 2.43. The monoisotopic (exact) mass is 262 g/mol. The van der Waals surface area contributed by atoms with Crippen molar-refractivity contribution in [1.82, 2.24) is 0 Å². The van der Waals surface area contributed by atoms with Crippen LogP contribution in [0.15, 0.2) is 24.3 Å². The number of hydrogen-bond acceptors (Lipinski definition) is 3. The van der Waals surface area contributed by atoms with Gasteiger partial charge in [0.1, 0.15) is 0 Å². The van der Waals surface area contributed by atoms with Crippen LogP contribution in [-0.2, 0) is 11.3 Å². The standard InChI is InChI=1S/C16H26N2O/c1-2-18(11-3-5-16-6-4-12-19-16)15-9-7-14(13-17)8-10-15/h7-10,16H,2-6,11-13,17H2,1H3. The molecule has 1 saturated heterocycles. The van der Waals surface area contributed by atoms with E-state index in [0.717, 1.165) is 19.7 Å². The molecule has 1 aromatic rings. The van der Waals surface area contributed by atoms with E-state index in [-0.39, 0.29) is 0 Å². The van der Waals surface area contributed by atoms with Crippen molar-refractivity contribution in [3.63, 3.8) is 0 Å². The molecule has 3 nitrogen and oxygen atoms in total. The third-order valence-corrected chi connectivity index (χ3v) is 3.90.